The molecule has 2 aromatic heterocycles. The number of fused-ring (bicyclic) bond motifs is 2. The minimum absolute atomic E-state index is 0. The maximum atomic E-state index is 13.2. The van der Waals surface area contributed by atoms with E-state index in [1.165, 1.54) is 36.4 Å². The molecule has 0 fully saturated rings. The van der Waals surface area contributed by atoms with Gasteiger partial charge in [-0.2, -0.15) is 52.7 Å². The Morgan fingerprint density at radius 3 is 1.51 bits per heavy atom. The second kappa shape index (κ2) is 25.8. The Labute approximate surface area is 431 Å². The quantitative estimate of drug-likeness (QED) is 0.0256. The molecular weight excluding hydrogens is 1080 g/mol. The fraction of sp³-hybridized carbons (Fsp3) is 0.391. The molecule has 2 heterocycles. The molecule has 0 unspecified atom stereocenters. The summed E-state index contributed by atoms with van der Waals surface area (Å²) < 4.78 is 179. The van der Waals surface area contributed by atoms with Crippen LogP contribution in [0.5, 0.6) is 11.5 Å². The molecule has 0 saturated heterocycles. The number of aryl methyl sites for hydroxylation is 2. The van der Waals surface area contributed by atoms with Crippen LogP contribution in [-0.2, 0) is 37.5 Å². The summed E-state index contributed by atoms with van der Waals surface area (Å²) in [5.41, 5.74) is -3.59. The molecule has 1 N–H and O–H groups in total. The van der Waals surface area contributed by atoms with E-state index in [9.17, 15) is 52.7 Å². The third-order valence-corrected chi connectivity index (χ3v) is 10.0. The summed E-state index contributed by atoms with van der Waals surface area (Å²) in [6.45, 7) is 18.5. The molecule has 6 rings (SSSR count). The molecule has 0 aliphatic rings. The number of rotatable bonds is 16. The van der Waals surface area contributed by atoms with Gasteiger partial charge in [0.25, 0.3) is 0 Å². The van der Waals surface area contributed by atoms with Crippen LogP contribution in [0.15, 0.2) is 69.7 Å². The van der Waals surface area contributed by atoms with E-state index in [0.29, 0.717) is 73.4 Å². The van der Waals surface area contributed by atoms with Crippen molar-refractivity contribution in [3.05, 3.63) is 117 Å². The summed E-state index contributed by atoms with van der Waals surface area (Å²) in [6, 6.07) is 12.3. The first-order chi connectivity index (χ1) is 32.5. The fourth-order valence-corrected chi connectivity index (χ4v) is 6.89. The molecule has 0 spiro atoms. The number of nitrogens with one attached hydrogen (secondary N) is 1. The second-order valence-corrected chi connectivity index (χ2v) is 14.8. The minimum atomic E-state index is -4.64. The van der Waals surface area contributed by atoms with Crippen LogP contribution in [-0.4, -0.2) is 48.6 Å². The molecule has 374 valence electrons. The molecule has 0 amide bonds. The Morgan fingerprint density at radius 2 is 1.09 bits per heavy atom. The van der Waals surface area contributed by atoms with E-state index >= 15 is 0 Å². The number of anilines is 2. The van der Waals surface area contributed by atoms with E-state index in [1.54, 1.807) is 11.9 Å². The van der Waals surface area contributed by atoms with Crippen LogP contribution >= 0.6 is 22.6 Å². The predicted octanol–water partition coefficient (Wildman–Crippen LogP) is 12.7. The number of ether oxygens (including phenoxy) is 2. The number of hydrogen-bond acceptors (Lipinski definition) is 8. The average molecular weight is 1120 g/mol. The zero-order valence-electron chi connectivity index (χ0n) is 39.1. The van der Waals surface area contributed by atoms with Crippen molar-refractivity contribution in [2.24, 2.45) is 0 Å². The molecule has 0 saturated carbocycles. The van der Waals surface area contributed by atoms with Gasteiger partial charge in [-0.25, -0.2) is 9.69 Å². The first-order valence-electron chi connectivity index (χ1n) is 20.8. The summed E-state index contributed by atoms with van der Waals surface area (Å²) >= 11 is 2.15. The van der Waals surface area contributed by atoms with Crippen LogP contribution in [0.4, 0.5) is 75.4 Å². The van der Waals surface area contributed by atoms with E-state index in [-0.39, 0.29) is 78.4 Å². The molecule has 10 nitrogen and oxygen atoms in total. The molecule has 0 radical (unpaired) electrons. The standard InChI is InChI=1S/C23H21F6N3O2.C22H19F6N3O2.CH3I.Na.H/c1-4-6-15-19(10-8-16-20(15)34-31-21(16)23(27,28)29)33-12-5-11-32(3)14-7-9-18(30-2)17(13-14)22(24,25)26;1-3-5-14-18(9-7-15-19(14)33-31-20(15)22(26,27)28)32-11-4-10-30-13-6-8-17(29-2)16(12-13)21(23,24)25;1-2;;/h7-10,13H,4-6,11-12H2,1,3H3;6-9,12,30H,3-5,10-11H2,1H3;1H3;;/q;;;+1;-1. The molecule has 0 atom stereocenters. The Morgan fingerprint density at radius 1 is 0.643 bits per heavy atom. The zero-order chi connectivity index (χ0) is 51.3. The van der Waals surface area contributed by atoms with E-state index in [2.05, 4.69) is 47.9 Å². The summed E-state index contributed by atoms with van der Waals surface area (Å²) in [6.07, 6.45) is -15.6. The van der Waals surface area contributed by atoms with Gasteiger partial charge in [0, 0.05) is 42.6 Å². The first kappa shape index (κ1) is 59.2. The van der Waals surface area contributed by atoms with Crippen LogP contribution in [0.25, 0.3) is 31.6 Å². The maximum Gasteiger partial charge on any atom is 1.00 e. The summed E-state index contributed by atoms with van der Waals surface area (Å²) in [5.74, 6) is 0.748. The number of hydrogen-bond donors (Lipinski definition) is 1. The SMILES string of the molecule is CI.[C-]#[N+]c1ccc(N(C)CCCOc2ccc3c(C(F)(F)F)noc3c2CCC)cc1C(F)(F)F.[C-]#[N+]c1ccc(NCCCOc2ccc3c(C(F)(F)F)noc3c2CCC)cc1C(F)(F)F.[H-].[Na+]. The molecule has 70 heavy (non-hydrogen) atoms. The van der Waals surface area contributed by atoms with Crippen LogP contribution in [0.1, 0.15) is 74.6 Å². The van der Waals surface area contributed by atoms with Crippen molar-refractivity contribution in [3.8, 4) is 11.5 Å². The number of benzene rings is 4. The third-order valence-electron chi connectivity index (χ3n) is 10.0. The number of aromatic nitrogens is 2. The summed E-state index contributed by atoms with van der Waals surface area (Å²) in [4.78, 5) is 9.39. The monoisotopic (exact) mass is 1120 g/mol. The van der Waals surface area contributed by atoms with Crippen LogP contribution in [0.2, 0.25) is 0 Å². The van der Waals surface area contributed by atoms with E-state index in [1.807, 2.05) is 18.8 Å². The van der Waals surface area contributed by atoms with Crippen molar-refractivity contribution in [3.63, 3.8) is 0 Å². The maximum absolute atomic E-state index is 13.2. The minimum Gasteiger partial charge on any atom is -1.00 e. The van der Waals surface area contributed by atoms with Gasteiger partial charge >= 0.3 is 54.3 Å². The van der Waals surface area contributed by atoms with Crippen molar-refractivity contribution in [2.75, 3.05) is 48.5 Å². The molecule has 0 aliphatic heterocycles. The van der Waals surface area contributed by atoms with Crippen molar-refractivity contribution >= 4 is 67.3 Å². The molecule has 24 heteroatoms. The average Bonchev–Trinajstić information content (AvgIpc) is 3.95. The van der Waals surface area contributed by atoms with Gasteiger partial charge < -0.3 is 30.2 Å². The molecule has 4 aromatic carbocycles. The Bertz CT molecular complexity index is 2750. The van der Waals surface area contributed by atoms with Crippen LogP contribution in [0, 0.1) is 13.1 Å². The summed E-state index contributed by atoms with van der Waals surface area (Å²) in [5, 5.41) is 8.93. The van der Waals surface area contributed by atoms with Crippen LogP contribution in [0.3, 0.4) is 0 Å². The van der Waals surface area contributed by atoms with Crippen molar-refractivity contribution in [2.45, 2.75) is 77.1 Å². The first-order valence-corrected chi connectivity index (χ1v) is 22.9. The zero-order valence-corrected chi connectivity index (χ0v) is 42.3. The van der Waals surface area contributed by atoms with Gasteiger partial charge in [-0.05, 0) is 79.1 Å². The molecule has 0 bridgehead atoms. The van der Waals surface area contributed by atoms with E-state index in [0.717, 1.165) is 24.3 Å². The Balaban J connectivity index is 0.000000458. The normalized spacial score (nSPS) is 11.6. The van der Waals surface area contributed by atoms with E-state index < -0.39 is 58.6 Å². The van der Waals surface area contributed by atoms with Gasteiger partial charge in [0.2, 0.25) is 0 Å². The number of alkyl halides is 13. The van der Waals surface area contributed by atoms with Crippen molar-refractivity contribution in [1.82, 2.24) is 10.3 Å². The van der Waals surface area contributed by atoms with Gasteiger partial charge in [0.15, 0.2) is 33.9 Å². The van der Waals surface area contributed by atoms with Gasteiger partial charge in [-0.1, -0.05) is 71.7 Å². The Kier molecular flexibility index (Phi) is 21.9. The number of halogens is 13. The number of nitrogens with zero attached hydrogens (tertiary/aromatic N) is 5. The largest absolute Gasteiger partial charge is 1.00 e. The van der Waals surface area contributed by atoms with Gasteiger partial charge in [0.05, 0.1) is 48.3 Å². The van der Waals surface area contributed by atoms with Crippen LogP contribution < -0.4 is 49.2 Å². The Hall–Kier alpha value is -5.11. The van der Waals surface area contributed by atoms with Gasteiger partial charge in [-0.15, -0.1) is 0 Å². The predicted molar refractivity (Wildman–Crippen MR) is 244 cm³/mol. The van der Waals surface area contributed by atoms with Crippen molar-refractivity contribution < 1.29 is 102 Å². The fourth-order valence-electron chi connectivity index (χ4n) is 6.89. The molecular formula is C46H44F12IN6NaO4. The van der Waals surface area contributed by atoms with Gasteiger partial charge in [-0.3, -0.25) is 0 Å². The topological polar surface area (TPSA) is 94.5 Å². The summed E-state index contributed by atoms with van der Waals surface area (Å²) in [7, 11) is 1.62. The third kappa shape index (κ3) is 15.2. The van der Waals surface area contributed by atoms with E-state index in [4.69, 9.17) is 31.7 Å². The second-order valence-electron chi connectivity index (χ2n) is 14.8. The molecule has 6 aromatic rings. The van der Waals surface area contributed by atoms with Crippen molar-refractivity contribution in [1.29, 1.82) is 0 Å². The smallest absolute Gasteiger partial charge is 1.00 e. The van der Waals surface area contributed by atoms with Gasteiger partial charge in [0.1, 0.15) is 11.5 Å². The molecule has 0 aliphatic carbocycles.